The van der Waals surface area contributed by atoms with Crippen molar-refractivity contribution < 1.29 is 24.2 Å². The van der Waals surface area contributed by atoms with Crippen LogP contribution in [0.3, 0.4) is 0 Å². The monoisotopic (exact) mass is 564 g/mol. The van der Waals surface area contributed by atoms with Gasteiger partial charge >= 0.3 is 5.97 Å². The van der Waals surface area contributed by atoms with Gasteiger partial charge < -0.3 is 20.9 Å². The lowest BCUT2D eigenvalue weighted by Crippen LogP contribution is -2.63. The summed E-state index contributed by atoms with van der Waals surface area (Å²) in [6.07, 6.45) is 4.17. The van der Waals surface area contributed by atoms with E-state index in [-0.39, 0.29) is 52.5 Å². The van der Waals surface area contributed by atoms with Gasteiger partial charge in [-0.25, -0.2) is 0 Å². The van der Waals surface area contributed by atoms with Gasteiger partial charge in [0, 0.05) is 34.5 Å². The van der Waals surface area contributed by atoms with E-state index < -0.39 is 33.8 Å². The molecule has 0 heterocycles. The Hall–Kier alpha value is -1.38. The summed E-state index contributed by atoms with van der Waals surface area (Å²) in [6.45, 7) is 20.7. The Balaban J connectivity index is 1.82. The molecule has 0 aromatic rings. The fraction of sp³-hybridized carbons (Fsp3) is 0.839. The maximum Gasteiger partial charge on any atom is 0.316 e. The van der Waals surface area contributed by atoms with Gasteiger partial charge in [0.2, 0.25) is 5.91 Å². The van der Waals surface area contributed by atoms with Crippen LogP contribution in [-0.2, 0) is 19.1 Å². The highest BCUT2D eigenvalue weighted by Gasteiger charge is 2.68. The molecule has 222 valence electrons. The molecule has 3 aliphatic carbocycles. The number of nitrogens with two attached hydrogens (primary N) is 1. The lowest BCUT2D eigenvalue weighted by atomic mass is 9.44. The molecule has 0 saturated heterocycles. The van der Waals surface area contributed by atoms with E-state index in [1.165, 1.54) is 11.8 Å². The van der Waals surface area contributed by atoms with Crippen molar-refractivity contribution in [2.75, 3.05) is 12.3 Å². The molecule has 1 amide bonds. The van der Waals surface area contributed by atoms with Gasteiger partial charge in [0.15, 0.2) is 0 Å². The van der Waals surface area contributed by atoms with E-state index in [1.807, 2.05) is 40.7 Å². The number of esters is 1. The van der Waals surface area contributed by atoms with Crippen LogP contribution in [0.4, 0.5) is 0 Å². The van der Waals surface area contributed by atoms with Crippen LogP contribution in [0.15, 0.2) is 12.7 Å². The molecule has 0 aromatic carbocycles. The minimum atomic E-state index is -0.684. The fourth-order valence-corrected chi connectivity index (χ4v) is 8.47. The third-order valence-electron chi connectivity index (χ3n) is 10.9. The van der Waals surface area contributed by atoms with Gasteiger partial charge in [0.1, 0.15) is 11.9 Å². The van der Waals surface area contributed by atoms with Crippen LogP contribution < -0.4 is 11.1 Å². The van der Waals surface area contributed by atoms with E-state index >= 15 is 0 Å². The Labute approximate surface area is 239 Å². The van der Waals surface area contributed by atoms with Gasteiger partial charge in [-0.2, -0.15) is 0 Å². The highest BCUT2D eigenvalue weighted by atomic mass is 32.2. The molecule has 3 fully saturated rings. The minimum Gasteiger partial charge on any atom is -0.461 e. The number of ether oxygens (including phenoxy) is 1. The Kier molecular flexibility index (Phi) is 9.46. The normalized spacial score (nSPS) is 39.4. The molecule has 4 N–H and O–H groups in total. The second-order valence-corrected chi connectivity index (χ2v) is 15.8. The maximum atomic E-state index is 13.5. The molecular weight excluding hydrogens is 512 g/mol. The maximum absolute atomic E-state index is 13.5. The number of thioether (sulfide) groups is 1. The molecular formula is C31H52N2O5S. The molecule has 0 aliphatic heterocycles. The second kappa shape index (κ2) is 11.5. The van der Waals surface area contributed by atoms with Gasteiger partial charge in [0.25, 0.3) is 0 Å². The lowest BCUT2D eigenvalue weighted by Gasteiger charge is -2.61. The quantitative estimate of drug-likeness (QED) is 0.279. The number of ketones is 1. The highest BCUT2D eigenvalue weighted by Crippen LogP contribution is 2.68. The average molecular weight is 565 g/mol. The van der Waals surface area contributed by atoms with E-state index in [4.69, 9.17) is 10.5 Å². The highest BCUT2D eigenvalue weighted by molar-refractivity contribution is 8.01. The zero-order chi connectivity index (χ0) is 29.6. The number of rotatable bonds is 9. The summed E-state index contributed by atoms with van der Waals surface area (Å²) >= 11 is 1.43. The third-order valence-corrected chi connectivity index (χ3v) is 12.2. The number of nitrogens with one attached hydrogen (secondary N) is 1. The summed E-state index contributed by atoms with van der Waals surface area (Å²) in [4.78, 5) is 39.2. The van der Waals surface area contributed by atoms with Crippen molar-refractivity contribution >= 4 is 29.4 Å². The Morgan fingerprint density at radius 1 is 1.28 bits per heavy atom. The number of hydrogen-bond donors (Lipinski definition) is 3. The van der Waals surface area contributed by atoms with Crippen molar-refractivity contribution in [1.82, 2.24) is 5.32 Å². The molecule has 2 bridgehead atoms. The van der Waals surface area contributed by atoms with Crippen molar-refractivity contribution in [3.8, 4) is 0 Å². The van der Waals surface area contributed by atoms with Gasteiger partial charge in [-0.1, -0.05) is 47.6 Å². The predicted molar refractivity (Wildman–Crippen MR) is 157 cm³/mol. The van der Waals surface area contributed by atoms with Crippen LogP contribution >= 0.6 is 11.8 Å². The first-order valence-corrected chi connectivity index (χ1v) is 15.6. The van der Waals surface area contributed by atoms with E-state index in [1.54, 1.807) is 0 Å². The first-order chi connectivity index (χ1) is 17.9. The summed E-state index contributed by atoms with van der Waals surface area (Å²) in [5, 5.41) is 14.6. The summed E-state index contributed by atoms with van der Waals surface area (Å²) in [5.74, 6) is -0.243. The van der Waals surface area contributed by atoms with E-state index in [0.29, 0.717) is 19.4 Å². The summed E-state index contributed by atoms with van der Waals surface area (Å²) in [7, 11) is 0. The van der Waals surface area contributed by atoms with Gasteiger partial charge in [0.05, 0.1) is 17.9 Å². The summed E-state index contributed by atoms with van der Waals surface area (Å²) in [6, 6.07) is -0.573. The van der Waals surface area contributed by atoms with E-state index in [0.717, 1.165) is 19.3 Å². The van der Waals surface area contributed by atoms with Crippen LogP contribution in [-0.4, -0.2) is 58.1 Å². The van der Waals surface area contributed by atoms with Crippen LogP contribution in [0.1, 0.15) is 87.5 Å². The van der Waals surface area contributed by atoms with Crippen molar-refractivity contribution in [3.05, 3.63) is 12.7 Å². The van der Waals surface area contributed by atoms with E-state index in [9.17, 15) is 19.5 Å². The number of Topliss-reactive ketones (excluding diaryl/α,β-unsaturated/α-hetero) is 1. The van der Waals surface area contributed by atoms with E-state index in [2.05, 4.69) is 32.7 Å². The molecule has 3 aliphatic rings. The third kappa shape index (κ3) is 5.85. The molecule has 39 heavy (non-hydrogen) atoms. The number of amides is 1. The van der Waals surface area contributed by atoms with Crippen LogP contribution in [0, 0.1) is 39.9 Å². The summed E-state index contributed by atoms with van der Waals surface area (Å²) in [5.41, 5.74) is 4.49. The van der Waals surface area contributed by atoms with Crippen LogP contribution in [0.25, 0.3) is 0 Å². The molecule has 8 heteroatoms. The second-order valence-electron chi connectivity index (χ2n) is 14.1. The number of aliphatic hydroxyl groups excluding tert-OH is 1. The smallest absolute Gasteiger partial charge is 0.316 e. The SMILES string of the molecule is C=C[C@]1(C)C[C@@H](OC(=O)CSC(C)(C)CNC(=O)[C@H](N)C(C)C)[C@]2(C)C(C)CC[C@]3(CCC(=O)[C@H]32)[C@@H](C)[C@@H]1O. The zero-order valence-electron chi connectivity index (χ0n) is 25.3. The van der Waals surface area contributed by atoms with Crippen LogP contribution in [0.2, 0.25) is 0 Å². The number of carbonyl (C=O) groups is 3. The Morgan fingerprint density at radius 3 is 2.51 bits per heavy atom. The van der Waals surface area contributed by atoms with Gasteiger partial charge in [-0.05, 0) is 62.7 Å². The van der Waals surface area contributed by atoms with Gasteiger partial charge in [-0.15, -0.1) is 18.3 Å². The first kappa shape index (κ1) is 32.1. The Bertz CT molecular complexity index is 969. The Morgan fingerprint density at radius 2 is 1.92 bits per heavy atom. The predicted octanol–water partition coefficient (Wildman–Crippen LogP) is 4.50. The molecule has 3 rings (SSSR count). The minimum absolute atomic E-state index is 0.0382. The average Bonchev–Trinajstić information content (AvgIpc) is 3.24. The first-order valence-electron chi connectivity index (χ1n) is 14.7. The molecule has 0 spiro atoms. The molecule has 0 radical (unpaired) electrons. The molecule has 0 aromatic heterocycles. The van der Waals surface area contributed by atoms with Crippen molar-refractivity contribution in [2.45, 2.75) is 110 Å². The number of aliphatic hydroxyl groups is 1. The molecule has 7 nitrogen and oxygen atoms in total. The topological polar surface area (TPSA) is 119 Å². The lowest BCUT2D eigenvalue weighted by molar-refractivity contribution is -0.205. The number of carbonyl (C=O) groups excluding carboxylic acids is 3. The fourth-order valence-electron chi connectivity index (χ4n) is 7.72. The molecule has 1 unspecified atom stereocenters. The van der Waals surface area contributed by atoms with Crippen molar-refractivity contribution in [1.29, 1.82) is 0 Å². The van der Waals surface area contributed by atoms with Crippen molar-refractivity contribution in [3.63, 3.8) is 0 Å². The number of hydrogen-bond acceptors (Lipinski definition) is 7. The van der Waals surface area contributed by atoms with Crippen LogP contribution in [0.5, 0.6) is 0 Å². The molecule has 9 atom stereocenters. The zero-order valence-corrected chi connectivity index (χ0v) is 26.2. The summed E-state index contributed by atoms with van der Waals surface area (Å²) < 4.78 is 5.92. The van der Waals surface area contributed by atoms with Crippen molar-refractivity contribution in [2.24, 2.45) is 45.7 Å². The van der Waals surface area contributed by atoms with Gasteiger partial charge in [-0.3, -0.25) is 14.4 Å². The largest absolute Gasteiger partial charge is 0.461 e. The molecule has 3 saturated carbocycles. The standard InChI is InChI=1S/C31H52N2O5S/c1-10-29(8)15-22(38-23(35)16-39-28(6,7)17-33-27(37)24(32)18(2)3)30(9)19(4)11-13-31(20(5)26(29)36)14-12-21(34)25(30)31/h10,18-20,22,24-26,36H,1,11-17,32H2,2-9H3,(H,33,37)/t19?,20-,22+,24+,25-,26-,29+,30-,31-/m0/s1.